The summed E-state index contributed by atoms with van der Waals surface area (Å²) in [7, 11) is 0. The lowest BCUT2D eigenvalue weighted by Crippen LogP contribution is -2.26. The van der Waals surface area contributed by atoms with Crippen LogP contribution in [0.3, 0.4) is 0 Å². The normalized spacial score (nSPS) is 17.3. The largest absolute Gasteiger partial charge is 0.359 e. The third kappa shape index (κ3) is 2.52. The molecule has 0 atom stereocenters. The zero-order valence-electron chi connectivity index (χ0n) is 7.64. The van der Waals surface area contributed by atoms with Crippen LogP contribution in [0.2, 0.25) is 0 Å². The van der Waals surface area contributed by atoms with Crippen LogP contribution in [0, 0.1) is 0 Å². The number of hydrogen-bond donors (Lipinski definition) is 0. The van der Waals surface area contributed by atoms with Crippen molar-refractivity contribution in [2.75, 3.05) is 19.6 Å². The van der Waals surface area contributed by atoms with Crippen molar-refractivity contribution in [3.8, 4) is 0 Å². The summed E-state index contributed by atoms with van der Waals surface area (Å²) in [6.07, 6.45) is 3.98. The van der Waals surface area contributed by atoms with E-state index in [1.165, 1.54) is 31.6 Å². The van der Waals surface area contributed by atoms with Crippen LogP contribution in [-0.4, -0.2) is 30.4 Å². The first-order chi connectivity index (χ1) is 5.34. The summed E-state index contributed by atoms with van der Waals surface area (Å²) in [6.45, 7) is 7.72. The fourth-order valence-corrected chi connectivity index (χ4v) is 1.42. The SMILES string of the molecule is CCCCCN1CCN=C1C. The zero-order chi connectivity index (χ0) is 8.10. The van der Waals surface area contributed by atoms with Gasteiger partial charge in [-0.25, -0.2) is 0 Å². The van der Waals surface area contributed by atoms with E-state index in [1.54, 1.807) is 0 Å². The predicted molar refractivity (Wildman–Crippen MR) is 49.1 cm³/mol. The highest BCUT2D eigenvalue weighted by Crippen LogP contribution is 2.04. The summed E-state index contributed by atoms with van der Waals surface area (Å²) in [5.74, 6) is 1.24. The summed E-state index contributed by atoms with van der Waals surface area (Å²) in [6, 6.07) is 0. The Balaban J connectivity index is 2.12. The molecule has 0 aliphatic carbocycles. The van der Waals surface area contributed by atoms with Crippen LogP contribution in [0.1, 0.15) is 33.1 Å². The molecule has 1 aliphatic heterocycles. The van der Waals surface area contributed by atoms with E-state index in [2.05, 4.69) is 23.7 Å². The molecule has 0 spiro atoms. The number of amidine groups is 1. The third-order valence-electron chi connectivity index (χ3n) is 2.20. The molecule has 2 nitrogen and oxygen atoms in total. The van der Waals surface area contributed by atoms with Crippen molar-refractivity contribution in [1.29, 1.82) is 0 Å². The van der Waals surface area contributed by atoms with Gasteiger partial charge in [0.25, 0.3) is 0 Å². The molecule has 2 heteroatoms. The predicted octanol–water partition coefficient (Wildman–Crippen LogP) is 1.91. The van der Waals surface area contributed by atoms with Gasteiger partial charge < -0.3 is 4.90 Å². The maximum absolute atomic E-state index is 4.34. The minimum absolute atomic E-state index is 1.01. The monoisotopic (exact) mass is 154 g/mol. The average Bonchev–Trinajstić information content (AvgIpc) is 2.37. The fraction of sp³-hybridized carbons (Fsp3) is 0.889. The summed E-state index contributed by atoms with van der Waals surface area (Å²) >= 11 is 0. The Hall–Kier alpha value is -0.530. The molecule has 0 fully saturated rings. The van der Waals surface area contributed by atoms with Crippen molar-refractivity contribution < 1.29 is 0 Å². The minimum atomic E-state index is 1.01. The van der Waals surface area contributed by atoms with Gasteiger partial charge >= 0.3 is 0 Å². The highest BCUT2D eigenvalue weighted by atomic mass is 15.2. The molecule has 0 aromatic heterocycles. The number of unbranched alkanes of at least 4 members (excludes halogenated alkanes) is 2. The van der Waals surface area contributed by atoms with Crippen molar-refractivity contribution in [3.05, 3.63) is 0 Å². The second-order valence-corrected chi connectivity index (χ2v) is 3.12. The summed E-state index contributed by atoms with van der Waals surface area (Å²) in [4.78, 5) is 6.72. The van der Waals surface area contributed by atoms with Crippen LogP contribution in [0.5, 0.6) is 0 Å². The van der Waals surface area contributed by atoms with E-state index in [0.29, 0.717) is 0 Å². The Morgan fingerprint density at radius 2 is 2.27 bits per heavy atom. The van der Waals surface area contributed by atoms with Gasteiger partial charge in [-0.05, 0) is 13.3 Å². The van der Waals surface area contributed by atoms with Crippen molar-refractivity contribution in [2.24, 2.45) is 4.99 Å². The third-order valence-corrected chi connectivity index (χ3v) is 2.20. The summed E-state index contributed by atoms with van der Waals surface area (Å²) in [5, 5.41) is 0. The molecule has 0 aromatic rings. The fourth-order valence-electron chi connectivity index (χ4n) is 1.42. The van der Waals surface area contributed by atoms with E-state index < -0.39 is 0 Å². The number of rotatable bonds is 4. The van der Waals surface area contributed by atoms with Crippen LogP contribution in [-0.2, 0) is 0 Å². The molecule has 1 aliphatic rings. The Morgan fingerprint density at radius 1 is 1.45 bits per heavy atom. The molecule has 0 saturated heterocycles. The quantitative estimate of drug-likeness (QED) is 0.565. The van der Waals surface area contributed by atoms with Gasteiger partial charge in [-0.15, -0.1) is 0 Å². The lowest BCUT2D eigenvalue weighted by molar-refractivity contribution is 0.435. The summed E-state index contributed by atoms with van der Waals surface area (Å²) in [5.41, 5.74) is 0. The van der Waals surface area contributed by atoms with Crippen LogP contribution >= 0.6 is 0 Å². The van der Waals surface area contributed by atoms with Crippen molar-refractivity contribution in [3.63, 3.8) is 0 Å². The Morgan fingerprint density at radius 3 is 2.82 bits per heavy atom. The van der Waals surface area contributed by atoms with E-state index in [9.17, 15) is 0 Å². The Kier molecular flexibility index (Phi) is 3.40. The molecule has 0 radical (unpaired) electrons. The number of aliphatic imine (C=N–C) groups is 1. The second-order valence-electron chi connectivity index (χ2n) is 3.12. The number of nitrogens with zero attached hydrogens (tertiary/aromatic N) is 2. The molecular formula is C9H18N2. The zero-order valence-corrected chi connectivity index (χ0v) is 7.64. The minimum Gasteiger partial charge on any atom is -0.359 e. The van der Waals surface area contributed by atoms with Gasteiger partial charge in [-0.1, -0.05) is 19.8 Å². The highest BCUT2D eigenvalue weighted by molar-refractivity contribution is 5.81. The molecule has 11 heavy (non-hydrogen) atoms. The second kappa shape index (κ2) is 4.37. The van der Waals surface area contributed by atoms with E-state index >= 15 is 0 Å². The molecule has 0 aromatic carbocycles. The van der Waals surface area contributed by atoms with Crippen LogP contribution in [0.4, 0.5) is 0 Å². The van der Waals surface area contributed by atoms with Crippen LogP contribution in [0.15, 0.2) is 4.99 Å². The molecule has 0 unspecified atom stereocenters. The molecule has 64 valence electrons. The number of hydrogen-bond acceptors (Lipinski definition) is 2. The van der Waals surface area contributed by atoms with Crippen molar-refractivity contribution >= 4 is 5.84 Å². The molecule has 0 saturated carbocycles. The molecule has 0 amide bonds. The van der Waals surface area contributed by atoms with Gasteiger partial charge in [-0.2, -0.15) is 0 Å². The van der Waals surface area contributed by atoms with Gasteiger partial charge in [0.1, 0.15) is 0 Å². The van der Waals surface area contributed by atoms with Crippen LogP contribution in [0.25, 0.3) is 0 Å². The van der Waals surface area contributed by atoms with Crippen molar-refractivity contribution in [1.82, 2.24) is 4.90 Å². The summed E-state index contributed by atoms with van der Waals surface area (Å²) < 4.78 is 0. The molecule has 0 bridgehead atoms. The molecule has 1 rings (SSSR count). The Labute approximate surface area is 69.3 Å². The first-order valence-electron chi connectivity index (χ1n) is 4.60. The maximum Gasteiger partial charge on any atom is 0.0958 e. The van der Waals surface area contributed by atoms with Crippen LogP contribution < -0.4 is 0 Å². The van der Waals surface area contributed by atoms with Gasteiger partial charge in [0.15, 0.2) is 0 Å². The highest BCUT2D eigenvalue weighted by Gasteiger charge is 2.10. The molecule has 0 N–H and O–H groups in total. The smallest absolute Gasteiger partial charge is 0.0958 e. The van der Waals surface area contributed by atoms with E-state index in [-0.39, 0.29) is 0 Å². The first-order valence-corrected chi connectivity index (χ1v) is 4.60. The molecule has 1 heterocycles. The topological polar surface area (TPSA) is 15.6 Å². The van der Waals surface area contributed by atoms with Crippen molar-refractivity contribution in [2.45, 2.75) is 33.1 Å². The Bertz CT molecular complexity index is 140. The van der Waals surface area contributed by atoms with E-state index in [4.69, 9.17) is 0 Å². The lowest BCUT2D eigenvalue weighted by Gasteiger charge is -2.17. The van der Waals surface area contributed by atoms with E-state index in [1.807, 2.05) is 0 Å². The van der Waals surface area contributed by atoms with Gasteiger partial charge in [-0.3, -0.25) is 4.99 Å². The van der Waals surface area contributed by atoms with E-state index in [0.717, 1.165) is 13.1 Å². The van der Waals surface area contributed by atoms with Gasteiger partial charge in [0.2, 0.25) is 0 Å². The maximum atomic E-state index is 4.34. The van der Waals surface area contributed by atoms with Gasteiger partial charge in [0.05, 0.1) is 12.4 Å². The standard InChI is InChI=1S/C9H18N2/c1-3-4-5-7-11-8-6-10-9(11)2/h3-8H2,1-2H3. The first kappa shape index (κ1) is 8.57. The molecular weight excluding hydrogens is 136 g/mol. The van der Waals surface area contributed by atoms with Gasteiger partial charge in [0, 0.05) is 13.1 Å². The lowest BCUT2D eigenvalue weighted by atomic mass is 10.2. The average molecular weight is 154 g/mol.